The van der Waals surface area contributed by atoms with E-state index in [9.17, 15) is 13.2 Å². The van der Waals surface area contributed by atoms with Crippen molar-refractivity contribution in [1.82, 2.24) is 4.72 Å². The molecule has 1 N–H and O–H groups in total. The van der Waals surface area contributed by atoms with E-state index in [4.69, 9.17) is 21.1 Å². The number of benzene rings is 2. The van der Waals surface area contributed by atoms with Crippen molar-refractivity contribution in [3.63, 3.8) is 0 Å². The van der Waals surface area contributed by atoms with E-state index >= 15 is 0 Å². The molecule has 0 radical (unpaired) electrons. The van der Waals surface area contributed by atoms with Gasteiger partial charge in [-0.3, -0.25) is 4.79 Å². The summed E-state index contributed by atoms with van der Waals surface area (Å²) in [5.41, 5.74) is 3.43. The molecular formula is C32H39ClN2O5S. The Bertz CT molecular complexity index is 1460. The van der Waals surface area contributed by atoms with Crippen LogP contribution in [-0.2, 0) is 27.8 Å². The smallest absolute Gasteiger partial charge is 0.264 e. The minimum Gasteiger partial charge on any atom is -0.487 e. The van der Waals surface area contributed by atoms with Gasteiger partial charge in [0.05, 0.1) is 16.5 Å². The molecule has 2 aliphatic heterocycles. The normalized spacial score (nSPS) is 32.0. The molecule has 0 spiro atoms. The summed E-state index contributed by atoms with van der Waals surface area (Å²) < 4.78 is 40.4. The molecule has 41 heavy (non-hydrogen) atoms. The van der Waals surface area contributed by atoms with Crippen LogP contribution in [0.4, 0.5) is 5.69 Å². The van der Waals surface area contributed by atoms with E-state index in [0.29, 0.717) is 42.6 Å². The van der Waals surface area contributed by atoms with Crippen molar-refractivity contribution < 1.29 is 22.7 Å². The Morgan fingerprint density at radius 1 is 1.12 bits per heavy atom. The summed E-state index contributed by atoms with van der Waals surface area (Å²) in [4.78, 5) is 15.7. The fourth-order valence-corrected chi connectivity index (χ4v) is 8.52. The van der Waals surface area contributed by atoms with Crippen molar-refractivity contribution >= 4 is 33.2 Å². The highest BCUT2D eigenvalue weighted by molar-refractivity contribution is 7.91. The first-order valence-corrected chi connectivity index (χ1v) is 16.6. The number of nitrogens with zero attached hydrogens (tertiary/aromatic N) is 1. The number of halogens is 1. The number of amides is 1. The van der Waals surface area contributed by atoms with Crippen molar-refractivity contribution in [2.45, 2.75) is 69.3 Å². The molecule has 7 nitrogen and oxygen atoms in total. The molecule has 2 aromatic rings. The van der Waals surface area contributed by atoms with Gasteiger partial charge in [-0.25, -0.2) is 13.1 Å². The molecule has 2 saturated carbocycles. The third-order valence-electron chi connectivity index (χ3n) is 9.81. The Balaban J connectivity index is 1.39. The number of anilines is 1. The lowest BCUT2D eigenvalue weighted by atomic mass is 9.70. The number of hydrogen-bond donors (Lipinski definition) is 1. The number of methoxy groups -OCH3 is 1. The number of rotatable bonds is 1. The molecule has 220 valence electrons. The SMILES string of the molecule is CO[C@H]1/C=C/C[C@@H]2C[C@@]2(C)S(=O)(=O)NC(=O)c2ccc3c(c2)N(CCCCc2cc(Cl)ccc2CO3)C[C@@H]2CC[C@H]21. The van der Waals surface area contributed by atoms with Crippen molar-refractivity contribution in [2.24, 2.45) is 17.8 Å². The summed E-state index contributed by atoms with van der Waals surface area (Å²) in [7, 11) is -2.10. The minimum absolute atomic E-state index is 0.00629. The molecule has 5 atom stereocenters. The molecule has 9 heteroatoms. The van der Waals surface area contributed by atoms with E-state index in [1.807, 2.05) is 18.2 Å². The highest BCUT2D eigenvalue weighted by Gasteiger charge is 2.59. The molecule has 0 unspecified atom stereocenters. The van der Waals surface area contributed by atoms with Crippen LogP contribution in [0.25, 0.3) is 0 Å². The van der Waals surface area contributed by atoms with E-state index in [2.05, 4.69) is 21.8 Å². The predicted octanol–water partition coefficient (Wildman–Crippen LogP) is 5.90. The quantitative estimate of drug-likeness (QED) is 0.411. The van der Waals surface area contributed by atoms with E-state index < -0.39 is 20.7 Å². The molecule has 2 heterocycles. The average Bonchev–Trinajstić information content (AvgIpc) is 3.61. The number of hydrogen-bond acceptors (Lipinski definition) is 6. The number of carbonyl (C=O) groups is 1. The van der Waals surface area contributed by atoms with Crippen molar-refractivity contribution in [3.05, 3.63) is 70.3 Å². The van der Waals surface area contributed by atoms with Crippen molar-refractivity contribution in [1.29, 1.82) is 0 Å². The van der Waals surface area contributed by atoms with Gasteiger partial charge in [-0.05, 0) is 111 Å². The molecule has 2 aliphatic carbocycles. The van der Waals surface area contributed by atoms with E-state index in [1.165, 1.54) is 5.56 Å². The third kappa shape index (κ3) is 5.63. The lowest BCUT2D eigenvalue weighted by Gasteiger charge is -2.43. The highest BCUT2D eigenvalue weighted by atomic mass is 35.5. The van der Waals surface area contributed by atoms with E-state index in [0.717, 1.165) is 61.5 Å². The monoisotopic (exact) mass is 598 g/mol. The number of ether oxygens (including phenoxy) is 2. The van der Waals surface area contributed by atoms with E-state index in [1.54, 1.807) is 32.2 Å². The average molecular weight is 599 g/mol. The first-order valence-electron chi connectivity index (χ1n) is 14.7. The van der Waals surface area contributed by atoms with Crippen LogP contribution in [-0.4, -0.2) is 45.4 Å². The zero-order chi connectivity index (χ0) is 28.8. The minimum atomic E-state index is -3.86. The van der Waals surface area contributed by atoms with E-state index in [-0.39, 0.29) is 12.0 Å². The molecule has 2 aromatic carbocycles. The van der Waals surface area contributed by atoms with Crippen LogP contribution in [0.2, 0.25) is 5.02 Å². The summed E-state index contributed by atoms with van der Waals surface area (Å²) in [6.45, 7) is 3.73. The van der Waals surface area contributed by atoms with Crippen LogP contribution in [0, 0.1) is 17.8 Å². The molecule has 0 aromatic heterocycles. The summed E-state index contributed by atoms with van der Waals surface area (Å²) in [6.07, 6.45) is 10.5. The first-order chi connectivity index (χ1) is 19.7. The number of sulfonamides is 1. The Morgan fingerprint density at radius 3 is 2.76 bits per heavy atom. The van der Waals surface area contributed by atoms with Crippen LogP contribution in [0.1, 0.15) is 66.9 Å². The van der Waals surface area contributed by atoms with Crippen LogP contribution < -0.4 is 14.4 Å². The van der Waals surface area contributed by atoms with Gasteiger partial charge in [-0.1, -0.05) is 29.8 Å². The Labute approximate surface area is 248 Å². The second-order valence-corrected chi connectivity index (χ2v) is 14.9. The van der Waals surface area contributed by atoms with Gasteiger partial charge in [-0.2, -0.15) is 0 Å². The zero-order valence-electron chi connectivity index (χ0n) is 23.8. The second-order valence-electron chi connectivity index (χ2n) is 12.3. The van der Waals surface area contributed by atoms with Crippen LogP contribution in [0.3, 0.4) is 0 Å². The van der Waals surface area contributed by atoms with Gasteiger partial charge in [0.15, 0.2) is 0 Å². The maximum atomic E-state index is 13.4. The Morgan fingerprint density at radius 2 is 1.98 bits per heavy atom. The molecule has 1 amide bonds. The summed E-state index contributed by atoms with van der Waals surface area (Å²) in [5.74, 6) is 0.884. The highest BCUT2D eigenvalue weighted by Crippen LogP contribution is 2.52. The van der Waals surface area contributed by atoms with Gasteiger partial charge in [0.25, 0.3) is 5.91 Å². The topological polar surface area (TPSA) is 84.9 Å². The molecule has 0 saturated heterocycles. The Hall–Kier alpha value is -2.55. The van der Waals surface area contributed by atoms with Gasteiger partial charge >= 0.3 is 0 Å². The number of fused-ring (bicyclic) bond motifs is 4. The largest absolute Gasteiger partial charge is 0.487 e. The van der Waals surface area contributed by atoms with Crippen LogP contribution in [0.15, 0.2) is 48.6 Å². The lowest BCUT2D eigenvalue weighted by Crippen LogP contribution is -2.44. The molecule has 6 rings (SSSR count). The predicted molar refractivity (Wildman–Crippen MR) is 161 cm³/mol. The fourth-order valence-electron chi connectivity index (χ4n) is 6.78. The summed E-state index contributed by atoms with van der Waals surface area (Å²) in [6, 6.07) is 11.2. The molecule has 2 bridgehead atoms. The van der Waals surface area contributed by atoms with Crippen molar-refractivity contribution in [3.8, 4) is 5.75 Å². The van der Waals surface area contributed by atoms with Gasteiger partial charge in [0, 0.05) is 30.8 Å². The van der Waals surface area contributed by atoms with Gasteiger partial charge in [0.2, 0.25) is 10.0 Å². The number of nitrogens with one attached hydrogen (secondary N) is 1. The standard InChI is InChI=1S/C32H39ClN2O5S/c1-32-18-25(32)7-5-8-29(39-2)27-13-10-23(27)19-35-15-4-3-6-21-16-26(33)12-9-24(21)20-40-30-14-11-22(17-28(30)35)31(36)34-41(32,37)38/h5,8-9,11-12,14,16-17,23,25,27,29H,3-4,6-7,10,13,15,18-20H2,1-2H3,(H,34,36)/b8-5+/t23-,25+,27+,29-,32+/m0/s1. The number of allylic oxidation sites excluding steroid dienone is 1. The van der Waals surface area contributed by atoms with Crippen LogP contribution >= 0.6 is 11.6 Å². The fraction of sp³-hybridized carbons (Fsp3) is 0.531. The van der Waals surface area contributed by atoms with Gasteiger partial charge in [0.1, 0.15) is 12.4 Å². The zero-order valence-corrected chi connectivity index (χ0v) is 25.3. The van der Waals surface area contributed by atoms with Crippen molar-refractivity contribution in [2.75, 3.05) is 25.1 Å². The van der Waals surface area contributed by atoms with Gasteiger partial charge < -0.3 is 14.4 Å². The molecular weight excluding hydrogens is 560 g/mol. The third-order valence-corrected chi connectivity index (χ3v) is 12.2. The maximum Gasteiger partial charge on any atom is 0.264 e. The molecule has 4 aliphatic rings. The maximum absolute atomic E-state index is 13.4. The number of carbonyl (C=O) groups excluding carboxylic acids is 1. The van der Waals surface area contributed by atoms with Crippen LogP contribution in [0.5, 0.6) is 5.75 Å². The number of aryl methyl sites for hydroxylation is 1. The summed E-state index contributed by atoms with van der Waals surface area (Å²) in [5, 5.41) is 0.722. The molecule has 2 fully saturated rings. The Kier molecular flexibility index (Phi) is 7.85. The summed E-state index contributed by atoms with van der Waals surface area (Å²) >= 11 is 6.32. The van der Waals surface area contributed by atoms with Gasteiger partial charge in [-0.15, -0.1) is 0 Å². The second kappa shape index (κ2) is 11.3. The lowest BCUT2D eigenvalue weighted by molar-refractivity contribution is 0.0134. The first kappa shape index (κ1) is 28.6.